The molecule has 1 fully saturated rings. The summed E-state index contributed by atoms with van der Waals surface area (Å²) in [5.74, 6) is 2.40. The van der Waals surface area contributed by atoms with Crippen LogP contribution in [0.2, 0.25) is 0 Å². The summed E-state index contributed by atoms with van der Waals surface area (Å²) in [6, 6.07) is 1.79. The Bertz CT molecular complexity index is 849. The monoisotopic (exact) mass is 398 g/mol. The van der Waals surface area contributed by atoms with E-state index < -0.39 is 0 Å². The van der Waals surface area contributed by atoms with E-state index in [1.807, 2.05) is 0 Å². The maximum atomic E-state index is 14.7. The summed E-state index contributed by atoms with van der Waals surface area (Å²) in [4.78, 5) is 1.31. The average molecular weight is 399 g/mol. The molecule has 1 atom stereocenters. The Morgan fingerprint density at radius 3 is 2.64 bits per heavy atom. The zero-order chi connectivity index (χ0) is 19.8. The van der Waals surface area contributed by atoms with E-state index in [2.05, 4.69) is 49.5 Å². The minimum Gasteiger partial charge on any atom is -0.341 e. The Morgan fingerprint density at radius 1 is 1.21 bits per heavy atom. The zero-order valence-electron chi connectivity index (χ0n) is 17.2. The van der Waals surface area contributed by atoms with Gasteiger partial charge in [0.05, 0.1) is 0 Å². The summed E-state index contributed by atoms with van der Waals surface area (Å²) in [7, 11) is 0. The fourth-order valence-electron chi connectivity index (χ4n) is 4.41. The molecule has 2 nitrogen and oxygen atoms in total. The quantitative estimate of drug-likeness (QED) is 0.470. The lowest BCUT2D eigenvalue weighted by Crippen LogP contribution is -2.16. The van der Waals surface area contributed by atoms with Crippen molar-refractivity contribution >= 4 is 17.6 Å². The van der Waals surface area contributed by atoms with E-state index in [-0.39, 0.29) is 5.82 Å². The maximum Gasteiger partial charge on any atom is 0.127 e. The van der Waals surface area contributed by atoms with Crippen LogP contribution in [-0.2, 0) is 12.8 Å². The highest BCUT2D eigenvalue weighted by molar-refractivity contribution is 8.01. The van der Waals surface area contributed by atoms with Gasteiger partial charge >= 0.3 is 0 Å². The van der Waals surface area contributed by atoms with Crippen LogP contribution < -0.4 is 10.0 Å². The molecular weight excluding hydrogens is 367 g/mol. The molecule has 4 rings (SSSR count). The molecule has 0 radical (unpaired) electrons. The number of rotatable bonds is 8. The van der Waals surface area contributed by atoms with Gasteiger partial charge in [-0.2, -0.15) is 0 Å². The normalized spacial score (nSPS) is 19.3. The van der Waals surface area contributed by atoms with E-state index in [9.17, 15) is 4.39 Å². The highest BCUT2D eigenvalue weighted by Gasteiger charge is 2.33. The van der Waals surface area contributed by atoms with Gasteiger partial charge in [0.2, 0.25) is 0 Å². The van der Waals surface area contributed by atoms with Gasteiger partial charge in [-0.3, -0.25) is 0 Å². The Kier molecular flexibility index (Phi) is 5.59. The van der Waals surface area contributed by atoms with E-state index in [4.69, 9.17) is 0 Å². The number of benzene rings is 1. The molecule has 3 aliphatic carbocycles. The second-order valence-corrected chi connectivity index (χ2v) is 9.67. The summed E-state index contributed by atoms with van der Waals surface area (Å²) in [6.07, 6.45) is 10.9. The third-order valence-electron chi connectivity index (χ3n) is 6.31. The average Bonchev–Trinajstić information content (AvgIpc) is 3.18. The molecule has 2 N–H and O–H groups in total. The van der Waals surface area contributed by atoms with Crippen molar-refractivity contribution in [3.8, 4) is 0 Å². The number of allylic oxidation sites excluding steroid dienone is 4. The van der Waals surface area contributed by atoms with Gasteiger partial charge in [-0.1, -0.05) is 33.4 Å². The first-order chi connectivity index (χ1) is 13.4. The van der Waals surface area contributed by atoms with Gasteiger partial charge in [-0.05, 0) is 103 Å². The van der Waals surface area contributed by atoms with Gasteiger partial charge in [0.1, 0.15) is 11.6 Å². The summed E-state index contributed by atoms with van der Waals surface area (Å²) in [6.45, 7) is 10.9. The van der Waals surface area contributed by atoms with Gasteiger partial charge < -0.3 is 10.0 Å². The van der Waals surface area contributed by atoms with Crippen LogP contribution in [0.15, 0.2) is 41.1 Å². The molecule has 0 saturated heterocycles. The first-order valence-electron chi connectivity index (χ1n) is 10.6. The molecule has 3 aliphatic rings. The molecule has 1 aromatic rings. The van der Waals surface area contributed by atoms with E-state index in [0.717, 1.165) is 48.3 Å². The Morgan fingerprint density at radius 2 is 1.96 bits per heavy atom. The van der Waals surface area contributed by atoms with Crippen molar-refractivity contribution in [1.29, 1.82) is 0 Å². The summed E-state index contributed by atoms with van der Waals surface area (Å²) in [5, 5.41) is 3.52. The molecule has 0 aliphatic heterocycles. The lowest BCUT2D eigenvalue weighted by molar-refractivity contribution is 0.600. The lowest BCUT2D eigenvalue weighted by atomic mass is 9.90. The van der Waals surface area contributed by atoms with Crippen molar-refractivity contribution < 1.29 is 4.39 Å². The molecule has 0 amide bonds. The van der Waals surface area contributed by atoms with Crippen molar-refractivity contribution in [1.82, 2.24) is 4.72 Å². The van der Waals surface area contributed by atoms with Gasteiger partial charge in [0, 0.05) is 10.6 Å². The molecule has 0 spiro atoms. The second-order valence-electron chi connectivity index (χ2n) is 8.74. The van der Waals surface area contributed by atoms with Gasteiger partial charge in [0.25, 0.3) is 0 Å². The molecule has 0 bridgehead atoms. The van der Waals surface area contributed by atoms with E-state index in [0.29, 0.717) is 17.8 Å². The second kappa shape index (κ2) is 7.98. The van der Waals surface area contributed by atoms with Crippen LogP contribution in [0, 0.1) is 17.7 Å². The molecule has 28 heavy (non-hydrogen) atoms. The highest BCUT2D eigenvalue weighted by Crippen LogP contribution is 2.47. The van der Waals surface area contributed by atoms with Gasteiger partial charge in [-0.25, -0.2) is 4.39 Å². The third kappa shape index (κ3) is 4.03. The molecular formula is C24H31FN2S. The molecule has 150 valence electrons. The minimum atomic E-state index is -0.0168. The molecule has 0 aromatic heterocycles. The number of halogens is 1. The van der Waals surface area contributed by atoms with Crippen LogP contribution in [0.3, 0.4) is 0 Å². The predicted octanol–water partition coefficient (Wildman–Crippen LogP) is 6.82. The van der Waals surface area contributed by atoms with E-state index in [1.165, 1.54) is 28.9 Å². The van der Waals surface area contributed by atoms with Crippen molar-refractivity contribution in [3.63, 3.8) is 0 Å². The first-order valence-corrected chi connectivity index (χ1v) is 11.4. The fourth-order valence-corrected chi connectivity index (χ4v) is 5.08. The Hall–Kier alpha value is -1.68. The standard InChI is InChI=1S/C24H31FN2S/c1-14(2)18-10-11-19(12-18)28-27-16(4)26-24-21-7-5-6-20(21)23(25)13-22(24)15(3)17-8-9-17/h10,12-15,17,26-27H,4-9,11H2,1-3H3. The number of hydrogen-bond acceptors (Lipinski definition) is 3. The van der Waals surface area contributed by atoms with Crippen LogP contribution in [0.1, 0.15) is 69.1 Å². The van der Waals surface area contributed by atoms with Crippen molar-refractivity contribution in [2.24, 2.45) is 11.8 Å². The maximum absolute atomic E-state index is 14.7. The largest absolute Gasteiger partial charge is 0.341 e. The van der Waals surface area contributed by atoms with Crippen molar-refractivity contribution in [2.75, 3.05) is 5.32 Å². The number of anilines is 1. The van der Waals surface area contributed by atoms with Crippen LogP contribution in [0.25, 0.3) is 0 Å². The Labute approximate surface area is 172 Å². The molecule has 0 heterocycles. The Balaban J connectivity index is 1.49. The van der Waals surface area contributed by atoms with Crippen LogP contribution in [0.5, 0.6) is 0 Å². The molecule has 1 unspecified atom stereocenters. The topological polar surface area (TPSA) is 24.1 Å². The molecule has 1 aromatic carbocycles. The number of hydrogen-bond donors (Lipinski definition) is 2. The summed E-state index contributed by atoms with van der Waals surface area (Å²) >= 11 is 1.62. The number of nitrogens with one attached hydrogen (secondary N) is 2. The highest BCUT2D eigenvalue weighted by atomic mass is 32.2. The zero-order valence-corrected chi connectivity index (χ0v) is 18.0. The van der Waals surface area contributed by atoms with E-state index >= 15 is 0 Å². The lowest BCUT2D eigenvalue weighted by Gasteiger charge is -2.22. The third-order valence-corrected chi connectivity index (χ3v) is 7.21. The van der Waals surface area contributed by atoms with E-state index in [1.54, 1.807) is 18.0 Å². The minimum absolute atomic E-state index is 0.0168. The molecule has 4 heteroatoms. The van der Waals surface area contributed by atoms with Crippen molar-refractivity contribution in [2.45, 2.75) is 65.2 Å². The predicted molar refractivity (Wildman–Crippen MR) is 119 cm³/mol. The SMILES string of the molecule is C=C(NSC1=CC(C(C)C)=CC1)Nc1c(C(C)C2CC2)cc(F)c2c1CCC2. The van der Waals surface area contributed by atoms with Crippen LogP contribution in [0.4, 0.5) is 10.1 Å². The van der Waals surface area contributed by atoms with Crippen LogP contribution in [-0.4, -0.2) is 0 Å². The summed E-state index contributed by atoms with van der Waals surface area (Å²) in [5.41, 5.74) is 5.70. The number of fused-ring (bicyclic) bond motifs is 1. The van der Waals surface area contributed by atoms with Gasteiger partial charge in [0.15, 0.2) is 0 Å². The fraction of sp³-hybridized carbons (Fsp3) is 0.500. The summed E-state index contributed by atoms with van der Waals surface area (Å²) < 4.78 is 18.0. The van der Waals surface area contributed by atoms with Crippen molar-refractivity contribution in [3.05, 3.63) is 63.6 Å². The molecule has 1 saturated carbocycles. The first kappa shape index (κ1) is 19.6. The van der Waals surface area contributed by atoms with Gasteiger partial charge in [-0.15, -0.1) is 0 Å². The van der Waals surface area contributed by atoms with Crippen LogP contribution >= 0.6 is 11.9 Å². The smallest absolute Gasteiger partial charge is 0.127 e.